The van der Waals surface area contributed by atoms with E-state index in [0.717, 1.165) is 60.3 Å². The number of morpholine rings is 1. The molecule has 0 bridgehead atoms. The molecule has 2 aromatic heterocycles. The van der Waals surface area contributed by atoms with E-state index in [0.29, 0.717) is 11.5 Å². The first-order valence-electron chi connectivity index (χ1n) is 9.04. The number of aryl methyl sites for hydroxylation is 2. The number of nitrogens with zero attached hydrogens (tertiary/aromatic N) is 4. The van der Waals surface area contributed by atoms with E-state index in [2.05, 4.69) is 17.9 Å². The average molecular weight is 368 g/mol. The topological polar surface area (TPSA) is 61.1 Å². The first-order chi connectivity index (χ1) is 13.1. The molecule has 4 rings (SSSR count). The second-order valence-corrected chi connectivity index (χ2v) is 6.63. The lowest BCUT2D eigenvalue weighted by molar-refractivity contribution is 0.122. The summed E-state index contributed by atoms with van der Waals surface area (Å²) in [6.07, 6.45) is 0. The van der Waals surface area contributed by atoms with Gasteiger partial charge in [0, 0.05) is 36.0 Å². The van der Waals surface area contributed by atoms with Gasteiger partial charge >= 0.3 is 0 Å². The molecule has 0 atom stereocenters. The molecule has 3 aromatic rings. The largest absolute Gasteiger partial charge is 0.493 e. The highest BCUT2D eigenvalue weighted by Crippen LogP contribution is 2.34. The summed E-state index contributed by atoms with van der Waals surface area (Å²) in [5.74, 6) is 2.44. The van der Waals surface area contributed by atoms with Crippen LogP contribution in [-0.4, -0.2) is 55.1 Å². The van der Waals surface area contributed by atoms with Crippen molar-refractivity contribution in [2.75, 3.05) is 45.4 Å². The molecule has 0 radical (unpaired) electrons. The number of anilines is 1. The summed E-state index contributed by atoms with van der Waals surface area (Å²) in [4.78, 5) is 7.04. The normalized spacial score (nSPS) is 14.6. The van der Waals surface area contributed by atoms with Crippen LogP contribution in [0.15, 0.2) is 24.3 Å². The Hall–Kier alpha value is -2.80. The van der Waals surface area contributed by atoms with Gasteiger partial charge in [-0.2, -0.15) is 9.61 Å². The lowest BCUT2D eigenvalue weighted by Crippen LogP contribution is -2.37. The predicted octanol–water partition coefficient (Wildman–Crippen LogP) is 2.87. The van der Waals surface area contributed by atoms with E-state index < -0.39 is 0 Å². The number of fused-ring (bicyclic) bond motifs is 1. The first-order valence-corrected chi connectivity index (χ1v) is 9.04. The molecule has 1 aliphatic rings. The standard InChI is InChI=1S/C20H24N4O3/c1-13-11-18(23-7-9-27-10-8-23)24-20(21-13)14(2)19(22-24)15-5-6-16(25-3)17(12-15)26-4/h5-6,11-12H,7-10H2,1-4H3. The number of aromatic nitrogens is 3. The maximum atomic E-state index is 5.50. The molecule has 0 spiro atoms. The number of hydrogen-bond acceptors (Lipinski definition) is 6. The van der Waals surface area contributed by atoms with Crippen LogP contribution >= 0.6 is 0 Å². The second-order valence-electron chi connectivity index (χ2n) is 6.63. The smallest absolute Gasteiger partial charge is 0.161 e. The fourth-order valence-corrected chi connectivity index (χ4v) is 3.50. The Morgan fingerprint density at radius 1 is 1.00 bits per heavy atom. The molecule has 0 unspecified atom stereocenters. The fourth-order valence-electron chi connectivity index (χ4n) is 3.50. The Morgan fingerprint density at radius 3 is 2.44 bits per heavy atom. The summed E-state index contributed by atoms with van der Waals surface area (Å²) in [7, 11) is 3.27. The number of ether oxygens (including phenoxy) is 3. The van der Waals surface area contributed by atoms with Gasteiger partial charge in [0.05, 0.1) is 33.1 Å². The zero-order chi connectivity index (χ0) is 19.0. The van der Waals surface area contributed by atoms with Crippen molar-refractivity contribution in [2.45, 2.75) is 13.8 Å². The van der Waals surface area contributed by atoms with Gasteiger partial charge in [0.25, 0.3) is 0 Å². The average Bonchev–Trinajstić information content (AvgIpc) is 3.04. The van der Waals surface area contributed by atoms with Crippen molar-refractivity contribution in [3.8, 4) is 22.8 Å². The third-order valence-corrected chi connectivity index (χ3v) is 4.92. The van der Waals surface area contributed by atoms with Gasteiger partial charge in [0.1, 0.15) is 5.82 Å². The lowest BCUT2D eigenvalue weighted by Gasteiger charge is -2.29. The molecule has 0 amide bonds. The molecule has 7 nitrogen and oxygen atoms in total. The molecule has 1 fully saturated rings. The van der Waals surface area contributed by atoms with Gasteiger partial charge in [-0.15, -0.1) is 0 Å². The molecular formula is C20H24N4O3. The van der Waals surface area contributed by atoms with Crippen molar-refractivity contribution in [1.29, 1.82) is 0 Å². The van der Waals surface area contributed by atoms with Gasteiger partial charge in [0.15, 0.2) is 17.1 Å². The Kier molecular flexibility index (Phi) is 4.61. The molecule has 1 saturated heterocycles. The van der Waals surface area contributed by atoms with Crippen molar-refractivity contribution in [1.82, 2.24) is 14.6 Å². The minimum Gasteiger partial charge on any atom is -0.493 e. The number of benzene rings is 1. The summed E-state index contributed by atoms with van der Waals surface area (Å²) >= 11 is 0. The Morgan fingerprint density at radius 2 is 1.74 bits per heavy atom. The predicted molar refractivity (Wildman–Crippen MR) is 104 cm³/mol. The quantitative estimate of drug-likeness (QED) is 0.706. The molecule has 0 N–H and O–H groups in total. The molecule has 3 heterocycles. The minimum atomic E-state index is 0.684. The van der Waals surface area contributed by atoms with Crippen LogP contribution in [0.4, 0.5) is 5.82 Å². The Bertz CT molecular complexity index is 977. The zero-order valence-corrected chi connectivity index (χ0v) is 16.2. The fraction of sp³-hybridized carbons (Fsp3) is 0.400. The van der Waals surface area contributed by atoms with Crippen LogP contribution in [-0.2, 0) is 4.74 Å². The Balaban J connectivity index is 1.87. The van der Waals surface area contributed by atoms with E-state index in [1.54, 1.807) is 14.2 Å². The van der Waals surface area contributed by atoms with E-state index in [9.17, 15) is 0 Å². The minimum absolute atomic E-state index is 0.684. The molecule has 0 aliphatic carbocycles. The summed E-state index contributed by atoms with van der Waals surface area (Å²) in [6, 6.07) is 7.94. The summed E-state index contributed by atoms with van der Waals surface area (Å²) in [6.45, 7) is 7.24. The van der Waals surface area contributed by atoms with Gasteiger partial charge in [-0.3, -0.25) is 0 Å². The number of hydrogen-bond donors (Lipinski definition) is 0. The van der Waals surface area contributed by atoms with Gasteiger partial charge in [0.2, 0.25) is 0 Å². The van der Waals surface area contributed by atoms with Gasteiger partial charge in [-0.1, -0.05) is 0 Å². The van der Waals surface area contributed by atoms with Crippen LogP contribution in [0.3, 0.4) is 0 Å². The van der Waals surface area contributed by atoms with Crippen LogP contribution in [0, 0.1) is 13.8 Å². The van der Waals surface area contributed by atoms with Crippen LogP contribution in [0.5, 0.6) is 11.5 Å². The van der Waals surface area contributed by atoms with E-state index in [4.69, 9.17) is 24.3 Å². The molecular weight excluding hydrogens is 344 g/mol. The van der Waals surface area contributed by atoms with E-state index in [1.165, 1.54) is 0 Å². The van der Waals surface area contributed by atoms with Crippen molar-refractivity contribution in [2.24, 2.45) is 0 Å². The van der Waals surface area contributed by atoms with Crippen molar-refractivity contribution >= 4 is 11.5 Å². The molecule has 142 valence electrons. The third kappa shape index (κ3) is 3.08. The second kappa shape index (κ2) is 7.08. The monoisotopic (exact) mass is 368 g/mol. The van der Waals surface area contributed by atoms with Crippen LogP contribution in [0.2, 0.25) is 0 Å². The van der Waals surface area contributed by atoms with E-state index >= 15 is 0 Å². The first kappa shape index (κ1) is 17.6. The van der Waals surface area contributed by atoms with Gasteiger partial charge in [-0.05, 0) is 32.0 Å². The van der Waals surface area contributed by atoms with E-state index in [-0.39, 0.29) is 0 Å². The molecule has 1 aliphatic heterocycles. The highest BCUT2D eigenvalue weighted by atomic mass is 16.5. The summed E-state index contributed by atoms with van der Waals surface area (Å²) in [5, 5.41) is 4.90. The number of rotatable bonds is 4. The summed E-state index contributed by atoms with van der Waals surface area (Å²) in [5.41, 5.74) is 4.76. The highest BCUT2D eigenvalue weighted by Gasteiger charge is 2.20. The maximum absolute atomic E-state index is 5.50. The van der Waals surface area contributed by atoms with Crippen molar-refractivity contribution < 1.29 is 14.2 Å². The third-order valence-electron chi connectivity index (χ3n) is 4.92. The highest BCUT2D eigenvalue weighted by molar-refractivity contribution is 5.73. The van der Waals surface area contributed by atoms with Crippen LogP contribution in [0.1, 0.15) is 11.3 Å². The van der Waals surface area contributed by atoms with Gasteiger partial charge in [-0.25, -0.2) is 4.98 Å². The van der Waals surface area contributed by atoms with Crippen molar-refractivity contribution in [3.05, 3.63) is 35.5 Å². The van der Waals surface area contributed by atoms with Gasteiger partial charge < -0.3 is 19.1 Å². The van der Waals surface area contributed by atoms with Crippen LogP contribution < -0.4 is 14.4 Å². The lowest BCUT2D eigenvalue weighted by atomic mass is 10.1. The maximum Gasteiger partial charge on any atom is 0.161 e. The molecule has 1 aromatic carbocycles. The number of methoxy groups -OCH3 is 2. The van der Waals surface area contributed by atoms with Crippen molar-refractivity contribution in [3.63, 3.8) is 0 Å². The molecule has 0 saturated carbocycles. The van der Waals surface area contributed by atoms with E-state index in [1.807, 2.05) is 29.6 Å². The molecule has 27 heavy (non-hydrogen) atoms. The van der Waals surface area contributed by atoms with Crippen LogP contribution in [0.25, 0.3) is 16.9 Å². The summed E-state index contributed by atoms with van der Waals surface area (Å²) < 4.78 is 18.2. The zero-order valence-electron chi connectivity index (χ0n) is 16.2. The SMILES string of the molecule is COc1ccc(-c2nn3c(N4CCOCC4)cc(C)nc3c2C)cc1OC. The molecule has 7 heteroatoms. The Labute approximate surface area is 158 Å².